The molecular weight excluding hydrogens is 376 g/mol. The maximum Gasteiger partial charge on any atom is 0.243 e. The van der Waals surface area contributed by atoms with Gasteiger partial charge in [0.1, 0.15) is 0 Å². The first kappa shape index (κ1) is 22.0. The van der Waals surface area contributed by atoms with Crippen LogP contribution in [-0.2, 0) is 9.59 Å². The lowest BCUT2D eigenvalue weighted by Gasteiger charge is -2.38. The largest absolute Gasteiger partial charge is 0.324 e. The topological polar surface area (TPSA) is 55.9 Å². The first-order valence-electron chi connectivity index (χ1n) is 10.5. The zero-order valence-corrected chi connectivity index (χ0v) is 18.4. The minimum Gasteiger partial charge on any atom is -0.324 e. The zero-order valence-electron chi connectivity index (χ0n) is 18.4. The smallest absolute Gasteiger partial charge is 0.243 e. The minimum absolute atomic E-state index is 0.00813. The van der Waals surface area contributed by atoms with E-state index in [0.29, 0.717) is 6.54 Å². The van der Waals surface area contributed by atoms with Crippen molar-refractivity contribution in [2.45, 2.75) is 26.8 Å². The Kier molecular flexibility index (Phi) is 7.24. The average Bonchev–Trinajstić information content (AvgIpc) is 2.76. The summed E-state index contributed by atoms with van der Waals surface area (Å²) in [6, 6.07) is 15.5. The van der Waals surface area contributed by atoms with Crippen LogP contribution in [0.3, 0.4) is 0 Å². The first-order valence-corrected chi connectivity index (χ1v) is 10.5. The van der Waals surface area contributed by atoms with E-state index in [4.69, 9.17) is 0 Å². The number of piperazine rings is 1. The van der Waals surface area contributed by atoms with Crippen molar-refractivity contribution >= 4 is 23.2 Å². The maximum absolute atomic E-state index is 12.9. The maximum atomic E-state index is 12.9. The standard InChI is InChI=1S/C24H32N4O2/c1-18-9-8-10-19(2)23(18)25-22(29)17-27-13-15-28(16-14-27)20(3)24(30)26(4)21-11-6-5-7-12-21/h5-12,20H,13-17H2,1-4H3,(H,25,29)/t20-/m0/s1. The Morgan fingerprint density at radius 2 is 1.57 bits per heavy atom. The summed E-state index contributed by atoms with van der Waals surface area (Å²) < 4.78 is 0. The van der Waals surface area contributed by atoms with Gasteiger partial charge >= 0.3 is 0 Å². The van der Waals surface area contributed by atoms with Crippen LogP contribution in [0.2, 0.25) is 0 Å². The molecule has 0 spiro atoms. The van der Waals surface area contributed by atoms with Crippen LogP contribution in [0.4, 0.5) is 11.4 Å². The molecule has 0 saturated carbocycles. The van der Waals surface area contributed by atoms with Crippen LogP contribution < -0.4 is 10.2 Å². The van der Waals surface area contributed by atoms with Gasteiger partial charge in [-0.25, -0.2) is 0 Å². The van der Waals surface area contributed by atoms with Crippen molar-refractivity contribution in [2.75, 3.05) is 50.0 Å². The summed E-state index contributed by atoms with van der Waals surface area (Å²) in [5, 5.41) is 3.06. The predicted molar refractivity (Wildman–Crippen MR) is 122 cm³/mol. The molecule has 2 amide bonds. The summed E-state index contributed by atoms with van der Waals surface area (Å²) in [5.74, 6) is 0.0937. The van der Waals surface area contributed by atoms with E-state index in [1.165, 1.54) is 0 Å². The van der Waals surface area contributed by atoms with Crippen LogP contribution in [0.1, 0.15) is 18.1 Å². The van der Waals surface area contributed by atoms with E-state index in [9.17, 15) is 9.59 Å². The molecule has 1 N–H and O–H groups in total. The molecule has 1 aliphatic rings. The molecule has 1 atom stereocenters. The number of nitrogens with one attached hydrogen (secondary N) is 1. The van der Waals surface area contributed by atoms with E-state index in [2.05, 4.69) is 15.1 Å². The Labute approximate surface area is 179 Å². The highest BCUT2D eigenvalue weighted by molar-refractivity contribution is 5.96. The van der Waals surface area contributed by atoms with E-state index >= 15 is 0 Å². The molecule has 1 saturated heterocycles. The second kappa shape index (κ2) is 9.87. The Balaban J connectivity index is 1.49. The number of aryl methyl sites for hydroxylation is 2. The fourth-order valence-corrected chi connectivity index (χ4v) is 3.92. The molecule has 0 radical (unpaired) electrons. The first-order chi connectivity index (χ1) is 14.4. The van der Waals surface area contributed by atoms with E-state index in [1.807, 2.05) is 76.3 Å². The summed E-state index contributed by atoms with van der Waals surface area (Å²) >= 11 is 0. The highest BCUT2D eigenvalue weighted by Gasteiger charge is 2.28. The SMILES string of the molecule is Cc1cccc(C)c1NC(=O)CN1CCN([C@@H](C)C(=O)N(C)c2ccccc2)CC1. The molecule has 160 valence electrons. The lowest BCUT2D eigenvalue weighted by Crippen LogP contribution is -2.55. The molecule has 0 unspecified atom stereocenters. The van der Waals surface area contributed by atoms with Crippen LogP contribution >= 0.6 is 0 Å². The van der Waals surface area contributed by atoms with Crippen LogP contribution in [0.25, 0.3) is 0 Å². The summed E-state index contributed by atoms with van der Waals surface area (Å²) in [4.78, 5) is 31.5. The molecule has 3 rings (SSSR count). The monoisotopic (exact) mass is 408 g/mol. The number of rotatable bonds is 6. The van der Waals surface area contributed by atoms with Gasteiger partial charge in [-0.1, -0.05) is 36.4 Å². The summed E-state index contributed by atoms with van der Waals surface area (Å²) in [7, 11) is 1.82. The van der Waals surface area contributed by atoms with Gasteiger partial charge in [-0.05, 0) is 44.0 Å². The number of carbonyl (C=O) groups is 2. The van der Waals surface area contributed by atoms with E-state index in [1.54, 1.807) is 4.90 Å². The molecule has 1 fully saturated rings. The van der Waals surface area contributed by atoms with Crippen molar-refractivity contribution in [3.63, 3.8) is 0 Å². The van der Waals surface area contributed by atoms with E-state index in [-0.39, 0.29) is 17.9 Å². The number of hydrogen-bond acceptors (Lipinski definition) is 4. The summed E-state index contributed by atoms with van der Waals surface area (Å²) in [5.41, 5.74) is 3.95. The predicted octanol–water partition coefficient (Wildman–Crippen LogP) is 2.91. The van der Waals surface area contributed by atoms with E-state index in [0.717, 1.165) is 48.7 Å². The molecule has 0 aromatic heterocycles. The van der Waals surface area contributed by atoms with Gasteiger partial charge in [0.25, 0.3) is 0 Å². The lowest BCUT2D eigenvalue weighted by molar-refractivity contribution is -0.124. The molecule has 6 heteroatoms. The molecule has 2 aromatic carbocycles. The summed E-state index contributed by atoms with van der Waals surface area (Å²) in [6.45, 7) is 9.43. The Bertz CT molecular complexity index is 856. The molecular formula is C24H32N4O2. The van der Waals surface area contributed by atoms with Crippen LogP contribution in [-0.4, -0.2) is 67.4 Å². The third kappa shape index (κ3) is 5.26. The summed E-state index contributed by atoms with van der Waals surface area (Å²) in [6.07, 6.45) is 0. The van der Waals surface area contributed by atoms with Crippen molar-refractivity contribution in [1.82, 2.24) is 9.80 Å². The van der Waals surface area contributed by atoms with Gasteiger partial charge in [0.05, 0.1) is 12.6 Å². The highest BCUT2D eigenvalue weighted by Crippen LogP contribution is 2.19. The molecule has 1 aliphatic heterocycles. The van der Waals surface area contributed by atoms with Gasteiger partial charge in [-0.3, -0.25) is 19.4 Å². The molecule has 6 nitrogen and oxygen atoms in total. The van der Waals surface area contributed by atoms with Crippen LogP contribution in [0.5, 0.6) is 0 Å². The number of anilines is 2. The lowest BCUT2D eigenvalue weighted by atomic mass is 10.1. The fourth-order valence-electron chi connectivity index (χ4n) is 3.92. The number of likely N-dealkylation sites (N-methyl/N-ethyl adjacent to an activating group) is 1. The Hall–Kier alpha value is -2.70. The van der Waals surface area contributed by atoms with Crippen molar-refractivity contribution in [3.8, 4) is 0 Å². The van der Waals surface area contributed by atoms with Gasteiger partial charge in [0.2, 0.25) is 11.8 Å². The van der Waals surface area contributed by atoms with Crippen molar-refractivity contribution < 1.29 is 9.59 Å². The van der Waals surface area contributed by atoms with Crippen molar-refractivity contribution in [1.29, 1.82) is 0 Å². The second-order valence-corrected chi connectivity index (χ2v) is 8.04. The number of nitrogens with zero attached hydrogens (tertiary/aromatic N) is 3. The van der Waals surface area contributed by atoms with Gasteiger partial charge in [0, 0.05) is 44.6 Å². The highest BCUT2D eigenvalue weighted by atomic mass is 16.2. The van der Waals surface area contributed by atoms with Crippen LogP contribution in [0, 0.1) is 13.8 Å². The number of amides is 2. The second-order valence-electron chi connectivity index (χ2n) is 8.04. The Morgan fingerprint density at radius 1 is 0.967 bits per heavy atom. The third-order valence-electron chi connectivity index (χ3n) is 5.90. The van der Waals surface area contributed by atoms with Gasteiger partial charge < -0.3 is 10.2 Å². The van der Waals surface area contributed by atoms with E-state index < -0.39 is 0 Å². The number of carbonyl (C=O) groups excluding carboxylic acids is 2. The molecule has 30 heavy (non-hydrogen) atoms. The fraction of sp³-hybridized carbons (Fsp3) is 0.417. The van der Waals surface area contributed by atoms with Gasteiger partial charge in [0.15, 0.2) is 0 Å². The minimum atomic E-state index is -0.194. The quantitative estimate of drug-likeness (QED) is 0.799. The Morgan fingerprint density at radius 3 is 2.17 bits per heavy atom. The van der Waals surface area contributed by atoms with Crippen LogP contribution in [0.15, 0.2) is 48.5 Å². The number of hydrogen-bond donors (Lipinski definition) is 1. The number of benzene rings is 2. The molecule has 0 bridgehead atoms. The zero-order chi connectivity index (χ0) is 21.7. The third-order valence-corrected chi connectivity index (χ3v) is 5.90. The normalized spacial score (nSPS) is 16.1. The average molecular weight is 409 g/mol. The number of para-hydroxylation sites is 2. The van der Waals surface area contributed by atoms with Gasteiger partial charge in [-0.2, -0.15) is 0 Å². The molecule has 1 heterocycles. The van der Waals surface area contributed by atoms with Crippen molar-refractivity contribution in [2.24, 2.45) is 0 Å². The van der Waals surface area contributed by atoms with Crippen molar-refractivity contribution in [3.05, 3.63) is 59.7 Å². The van der Waals surface area contributed by atoms with Gasteiger partial charge in [-0.15, -0.1) is 0 Å². The molecule has 2 aromatic rings. The molecule has 0 aliphatic carbocycles.